The van der Waals surface area contributed by atoms with Crippen LogP contribution in [0.3, 0.4) is 0 Å². The smallest absolute Gasteiger partial charge is 0.101 e. The van der Waals surface area contributed by atoms with Crippen molar-refractivity contribution in [1.82, 2.24) is 4.98 Å². The Bertz CT molecular complexity index is 332. The largest absolute Gasteiger partial charge is 0.395 e. The summed E-state index contributed by atoms with van der Waals surface area (Å²) in [7, 11) is 0. The first kappa shape index (κ1) is 10.5. The maximum Gasteiger partial charge on any atom is 0.101 e. The van der Waals surface area contributed by atoms with E-state index in [1.54, 1.807) is 18.5 Å². The van der Waals surface area contributed by atoms with Crippen LogP contribution in [0.1, 0.15) is 12.5 Å². The van der Waals surface area contributed by atoms with Crippen LogP contribution >= 0.6 is 0 Å². The number of pyridine rings is 1. The molecule has 1 rings (SSSR count). The molecule has 0 aliphatic carbocycles. The fraction of sp³-hybridized carbons (Fsp3) is 0.400. The average Bonchev–Trinajstić information content (AvgIpc) is 2.26. The molecule has 4 nitrogen and oxygen atoms in total. The van der Waals surface area contributed by atoms with E-state index in [0.29, 0.717) is 12.1 Å². The van der Waals surface area contributed by atoms with Gasteiger partial charge in [-0.15, -0.1) is 0 Å². The van der Waals surface area contributed by atoms with Gasteiger partial charge >= 0.3 is 0 Å². The van der Waals surface area contributed by atoms with E-state index >= 15 is 0 Å². The van der Waals surface area contributed by atoms with Gasteiger partial charge in [0.1, 0.15) is 6.07 Å². The number of aromatic nitrogens is 1. The summed E-state index contributed by atoms with van der Waals surface area (Å²) in [5.41, 5.74) is 1.38. The molecule has 0 bridgehead atoms. The normalized spacial score (nSPS) is 9.50. The first-order valence-electron chi connectivity index (χ1n) is 4.53. The van der Waals surface area contributed by atoms with E-state index in [4.69, 9.17) is 10.4 Å². The highest BCUT2D eigenvalue weighted by atomic mass is 16.3. The minimum atomic E-state index is 0.0770. The van der Waals surface area contributed by atoms with Crippen molar-refractivity contribution in [2.24, 2.45) is 0 Å². The number of nitriles is 1. The lowest BCUT2D eigenvalue weighted by Gasteiger charge is -2.22. The third kappa shape index (κ3) is 2.21. The number of rotatable bonds is 4. The molecule has 0 aliphatic heterocycles. The SMILES string of the molecule is CCN(CCO)c1cnccc1C#N. The lowest BCUT2D eigenvalue weighted by Crippen LogP contribution is -2.27. The van der Waals surface area contributed by atoms with Gasteiger partial charge in [0.25, 0.3) is 0 Å². The third-order valence-electron chi connectivity index (χ3n) is 2.01. The Morgan fingerprint density at radius 1 is 1.64 bits per heavy atom. The lowest BCUT2D eigenvalue weighted by atomic mass is 10.2. The van der Waals surface area contributed by atoms with Crippen molar-refractivity contribution in [3.05, 3.63) is 24.0 Å². The number of hydrogen-bond acceptors (Lipinski definition) is 4. The number of hydrogen-bond donors (Lipinski definition) is 1. The van der Waals surface area contributed by atoms with E-state index in [-0.39, 0.29) is 6.61 Å². The molecule has 14 heavy (non-hydrogen) atoms. The van der Waals surface area contributed by atoms with Crippen LogP contribution in [-0.2, 0) is 0 Å². The van der Waals surface area contributed by atoms with E-state index in [9.17, 15) is 0 Å². The van der Waals surface area contributed by atoms with Crippen LogP contribution in [-0.4, -0.2) is 29.8 Å². The molecule has 1 aromatic rings. The van der Waals surface area contributed by atoms with Crippen molar-refractivity contribution in [3.63, 3.8) is 0 Å². The first-order chi connectivity index (χ1) is 6.83. The van der Waals surface area contributed by atoms with Crippen LogP contribution in [0.4, 0.5) is 5.69 Å². The average molecular weight is 191 g/mol. The number of aliphatic hydroxyl groups is 1. The van der Waals surface area contributed by atoms with E-state index in [0.717, 1.165) is 12.2 Å². The topological polar surface area (TPSA) is 60.1 Å². The zero-order valence-electron chi connectivity index (χ0n) is 8.14. The Hall–Kier alpha value is -1.60. The zero-order valence-corrected chi connectivity index (χ0v) is 8.14. The molecule has 0 saturated carbocycles. The third-order valence-corrected chi connectivity index (χ3v) is 2.01. The van der Waals surface area contributed by atoms with E-state index < -0.39 is 0 Å². The van der Waals surface area contributed by atoms with E-state index in [1.807, 2.05) is 11.8 Å². The Morgan fingerprint density at radius 2 is 2.43 bits per heavy atom. The molecule has 1 N–H and O–H groups in total. The first-order valence-corrected chi connectivity index (χ1v) is 4.53. The molecule has 1 heterocycles. The van der Waals surface area contributed by atoms with Crippen molar-refractivity contribution in [3.8, 4) is 6.07 Å². The van der Waals surface area contributed by atoms with Crippen LogP contribution in [0.25, 0.3) is 0 Å². The molecule has 0 fully saturated rings. The molecule has 0 saturated heterocycles. The summed E-state index contributed by atoms with van der Waals surface area (Å²) >= 11 is 0. The lowest BCUT2D eigenvalue weighted by molar-refractivity contribution is 0.302. The molecule has 0 aromatic carbocycles. The highest BCUT2D eigenvalue weighted by molar-refractivity contribution is 5.57. The van der Waals surface area contributed by atoms with Gasteiger partial charge in [-0.2, -0.15) is 5.26 Å². The van der Waals surface area contributed by atoms with Gasteiger partial charge in [0.2, 0.25) is 0 Å². The molecule has 0 aliphatic rings. The maximum atomic E-state index is 8.86. The predicted octanol–water partition coefficient (Wildman–Crippen LogP) is 0.772. The Balaban J connectivity index is 2.97. The summed E-state index contributed by atoms with van der Waals surface area (Å²) in [6.45, 7) is 3.33. The van der Waals surface area contributed by atoms with Crippen molar-refractivity contribution >= 4 is 5.69 Å². The number of likely N-dealkylation sites (N-methyl/N-ethyl adjacent to an activating group) is 1. The summed E-state index contributed by atoms with van der Waals surface area (Å²) in [5.74, 6) is 0. The fourth-order valence-electron chi connectivity index (χ4n) is 1.30. The standard InChI is InChI=1S/C10H13N3O/c1-2-13(5-6-14)10-8-12-4-3-9(10)7-11/h3-4,8,14H,2,5-6H2,1H3. The zero-order chi connectivity index (χ0) is 10.4. The van der Waals surface area contributed by atoms with Gasteiger partial charge in [0.15, 0.2) is 0 Å². The van der Waals surface area contributed by atoms with E-state index in [2.05, 4.69) is 11.1 Å². The highest BCUT2D eigenvalue weighted by Crippen LogP contribution is 2.17. The van der Waals surface area contributed by atoms with E-state index in [1.165, 1.54) is 0 Å². The van der Waals surface area contributed by atoms with Crippen LogP contribution in [0.2, 0.25) is 0 Å². The fourth-order valence-corrected chi connectivity index (χ4v) is 1.30. The van der Waals surface area contributed by atoms with Crippen LogP contribution in [0, 0.1) is 11.3 Å². The Labute approximate surface area is 83.4 Å². The molecular formula is C10H13N3O. The molecular weight excluding hydrogens is 178 g/mol. The molecule has 1 aromatic heterocycles. The predicted molar refractivity (Wildman–Crippen MR) is 53.9 cm³/mol. The van der Waals surface area contributed by atoms with Crippen LogP contribution in [0.5, 0.6) is 0 Å². The molecule has 4 heteroatoms. The summed E-state index contributed by atoms with van der Waals surface area (Å²) in [4.78, 5) is 5.89. The quantitative estimate of drug-likeness (QED) is 0.763. The Kier molecular flexibility index (Phi) is 3.89. The maximum absolute atomic E-state index is 8.86. The second kappa shape index (κ2) is 5.20. The van der Waals surface area contributed by atoms with Crippen LogP contribution < -0.4 is 4.90 Å². The van der Waals surface area contributed by atoms with Crippen molar-refractivity contribution in [2.45, 2.75) is 6.92 Å². The monoisotopic (exact) mass is 191 g/mol. The number of nitrogens with zero attached hydrogens (tertiary/aromatic N) is 3. The minimum Gasteiger partial charge on any atom is -0.395 e. The molecule has 0 spiro atoms. The van der Waals surface area contributed by atoms with Gasteiger partial charge in [0.05, 0.1) is 24.1 Å². The van der Waals surface area contributed by atoms with Gasteiger partial charge < -0.3 is 10.0 Å². The molecule has 0 unspecified atom stereocenters. The molecule has 0 radical (unpaired) electrons. The number of aliphatic hydroxyl groups excluding tert-OH is 1. The second-order valence-corrected chi connectivity index (χ2v) is 2.81. The Morgan fingerprint density at radius 3 is 3.00 bits per heavy atom. The molecule has 0 amide bonds. The second-order valence-electron chi connectivity index (χ2n) is 2.81. The summed E-state index contributed by atoms with van der Waals surface area (Å²) in [5, 5.41) is 17.7. The van der Waals surface area contributed by atoms with Crippen molar-refractivity contribution in [1.29, 1.82) is 5.26 Å². The number of anilines is 1. The van der Waals surface area contributed by atoms with Gasteiger partial charge in [-0.05, 0) is 13.0 Å². The van der Waals surface area contributed by atoms with Crippen molar-refractivity contribution in [2.75, 3.05) is 24.6 Å². The molecule has 0 atom stereocenters. The summed E-state index contributed by atoms with van der Waals surface area (Å²) in [6.07, 6.45) is 3.24. The van der Waals surface area contributed by atoms with Gasteiger partial charge in [-0.1, -0.05) is 0 Å². The summed E-state index contributed by atoms with van der Waals surface area (Å²) < 4.78 is 0. The van der Waals surface area contributed by atoms with Crippen LogP contribution in [0.15, 0.2) is 18.5 Å². The van der Waals surface area contributed by atoms with Gasteiger partial charge in [-0.25, -0.2) is 0 Å². The highest BCUT2D eigenvalue weighted by Gasteiger charge is 2.08. The summed E-state index contributed by atoms with van der Waals surface area (Å²) in [6, 6.07) is 3.78. The molecule has 74 valence electrons. The van der Waals surface area contributed by atoms with Gasteiger partial charge in [-0.3, -0.25) is 4.98 Å². The van der Waals surface area contributed by atoms with Crippen molar-refractivity contribution < 1.29 is 5.11 Å². The van der Waals surface area contributed by atoms with Gasteiger partial charge in [0, 0.05) is 19.3 Å². The minimum absolute atomic E-state index is 0.0770.